The first-order valence-corrected chi connectivity index (χ1v) is 6.38. The van der Waals surface area contributed by atoms with Gasteiger partial charge in [0.2, 0.25) is 0 Å². The zero-order valence-electron chi connectivity index (χ0n) is 12.0. The van der Waals surface area contributed by atoms with E-state index in [1.165, 1.54) is 0 Å². The molecule has 2 N–H and O–H groups in total. The van der Waals surface area contributed by atoms with Crippen LogP contribution in [0.2, 0.25) is 0 Å². The molecule has 0 atom stereocenters. The number of benzene rings is 2. The van der Waals surface area contributed by atoms with Crippen molar-refractivity contribution in [1.82, 2.24) is 0 Å². The lowest BCUT2D eigenvalue weighted by molar-refractivity contribution is 0.406. The highest BCUT2D eigenvalue weighted by Crippen LogP contribution is 2.35. The number of methoxy groups -OCH3 is 2. The fourth-order valence-corrected chi connectivity index (χ4v) is 2.40. The van der Waals surface area contributed by atoms with Gasteiger partial charge < -0.3 is 15.2 Å². The molecule has 0 radical (unpaired) electrons. The van der Waals surface area contributed by atoms with E-state index >= 15 is 0 Å². The Morgan fingerprint density at radius 1 is 1.00 bits per heavy atom. The number of rotatable bonds is 4. The molecule has 0 bridgehead atoms. The molecule has 3 nitrogen and oxygen atoms in total. The largest absolute Gasteiger partial charge is 0.496 e. The van der Waals surface area contributed by atoms with Gasteiger partial charge in [0, 0.05) is 16.3 Å². The summed E-state index contributed by atoms with van der Waals surface area (Å²) in [5.41, 5.74) is 6.97. The Morgan fingerprint density at radius 3 is 2.32 bits per heavy atom. The highest BCUT2D eigenvalue weighted by Gasteiger charge is 2.17. The van der Waals surface area contributed by atoms with Crippen molar-refractivity contribution in [1.29, 1.82) is 0 Å². The number of hydrogen-bond donors (Lipinski definition) is 1. The van der Waals surface area contributed by atoms with Gasteiger partial charge in [0.05, 0.1) is 14.2 Å². The Labute approximate surface area is 114 Å². The summed E-state index contributed by atoms with van der Waals surface area (Å²) in [5.74, 6) is 1.74. The Morgan fingerprint density at radius 2 is 1.74 bits per heavy atom. The number of hydrogen-bond acceptors (Lipinski definition) is 3. The van der Waals surface area contributed by atoms with Crippen molar-refractivity contribution in [3.63, 3.8) is 0 Å². The summed E-state index contributed by atoms with van der Waals surface area (Å²) >= 11 is 0. The zero-order valence-corrected chi connectivity index (χ0v) is 12.0. The predicted molar refractivity (Wildman–Crippen MR) is 79.0 cm³/mol. The average molecular weight is 259 g/mol. The molecule has 0 fully saturated rings. The van der Waals surface area contributed by atoms with Crippen molar-refractivity contribution in [2.24, 2.45) is 5.73 Å². The first-order chi connectivity index (χ1) is 8.96. The Kier molecular flexibility index (Phi) is 3.67. The van der Waals surface area contributed by atoms with Gasteiger partial charge in [-0.05, 0) is 31.9 Å². The van der Waals surface area contributed by atoms with Crippen molar-refractivity contribution in [2.45, 2.75) is 25.8 Å². The van der Waals surface area contributed by atoms with Crippen LogP contribution in [-0.4, -0.2) is 19.8 Å². The van der Waals surface area contributed by atoms with Gasteiger partial charge >= 0.3 is 0 Å². The molecule has 0 spiro atoms. The standard InChI is InChI=1S/C16H21NO2/c1-16(2,17)10-11-8-9-12-13(15(11)19-4)6-5-7-14(12)18-3/h5-9H,10,17H2,1-4H3. The van der Waals surface area contributed by atoms with Gasteiger partial charge in [-0.15, -0.1) is 0 Å². The lowest BCUT2D eigenvalue weighted by Crippen LogP contribution is -2.34. The molecule has 0 aliphatic heterocycles. The Bertz CT molecular complexity index is 585. The van der Waals surface area contributed by atoms with Crippen LogP contribution >= 0.6 is 0 Å². The van der Waals surface area contributed by atoms with E-state index in [0.29, 0.717) is 0 Å². The fraction of sp³-hybridized carbons (Fsp3) is 0.375. The first-order valence-electron chi connectivity index (χ1n) is 6.38. The summed E-state index contributed by atoms with van der Waals surface area (Å²) in [6.45, 7) is 4.03. The summed E-state index contributed by atoms with van der Waals surface area (Å²) < 4.78 is 11.0. The molecule has 3 heteroatoms. The maximum absolute atomic E-state index is 6.11. The molecule has 0 amide bonds. The van der Waals surface area contributed by atoms with E-state index in [1.54, 1.807) is 14.2 Å². The molecule has 0 aliphatic carbocycles. The number of nitrogens with two attached hydrogens (primary N) is 1. The van der Waals surface area contributed by atoms with Gasteiger partial charge in [-0.3, -0.25) is 0 Å². The van der Waals surface area contributed by atoms with E-state index in [0.717, 1.165) is 34.3 Å². The molecule has 102 valence electrons. The number of ether oxygens (including phenoxy) is 2. The van der Waals surface area contributed by atoms with E-state index < -0.39 is 0 Å². The molecule has 0 unspecified atom stereocenters. The van der Waals surface area contributed by atoms with Gasteiger partial charge in [-0.1, -0.05) is 24.3 Å². The van der Waals surface area contributed by atoms with E-state index in [2.05, 4.69) is 12.1 Å². The molecule has 0 aromatic heterocycles. The minimum atomic E-state index is -0.264. The quantitative estimate of drug-likeness (QED) is 0.917. The molecule has 2 rings (SSSR count). The van der Waals surface area contributed by atoms with Crippen LogP contribution in [0.5, 0.6) is 11.5 Å². The van der Waals surface area contributed by atoms with Gasteiger partial charge in [0.15, 0.2) is 0 Å². The van der Waals surface area contributed by atoms with Crippen LogP contribution in [0.15, 0.2) is 30.3 Å². The van der Waals surface area contributed by atoms with Crippen molar-refractivity contribution in [2.75, 3.05) is 14.2 Å². The summed E-state index contributed by atoms with van der Waals surface area (Å²) in [5, 5.41) is 2.11. The third kappa shape index (κ3) is 2.82. The van der Waals surface area contributed by atoms with Crippen molar-refractivity contribution in [3.05, 3.63) is 35.9 Å². The molecule has 2 aromatic rings. The van der Waals surface area contributed by atoms with E-state index in [1.807, 2.05) is 32.0 Å². The van der Waals surface area contributed by atoms with Crippen LogP contribution in [0, 0.1) is 0 Å². The van der Waals surface area contributed by atoms with Crippen molar-refractivity contribution in [3.8, 4) is 11.5 Å². The van der Waals surface area contributed by atoms with Gasteiger partial charge in [-0.2, -0.15) is 0 Å². The number of fused-ring (bicyclic) bond motifs is 1. The molecule has 0 heterocycles. The second kappa shape index (κ2) is 5.10. The third-order valence-corrected chi connectivity index (χ3v) is 3.12. The molecule has 19 heavy (non-hydrogen) atoms. The van der Waals surface area contributed by atoms with Crippen LogP contribution in [0.3, 0.4) is 0 Å². The van der Waals surface area contributed by atoms with Crippen LogP contribution in [0.25, 0.3) is 10.8 Å². The maximum Gasteiger partial charge on any atom is 0.130 e. The van der Waals surface area contributed by atoms with Crippen LogP contribution < -0.4 is 15.2 Å². The molecule has 2 aromatic carbocycles. The summed E-state index contributed by atoms with van der Waals surface area (Å²) in [7, 11) is 3.37. The minimum absolute atomic E-state index is 0.264. The van der Waals surface area contributed by atoms with Crippen molar-refractivity contribution < 1.29 is 9.47 Å². The lowest BCUT2D eigenvalue weighted by Gasteiger charge is -2.21. The molecular formula is C16H21NO2. The van der Waals surface area contributed by atoms with E-state index in [-0.39, 0.29) is 5.54 Å². The average Bonchev–Trinajstić information content (AvgIpc) is 2.35. The highest BCUT2D eigenvalue weighted by atomic mass is 16.5. The SMILES string of the molecule is COc1cccc2c(OC)c(CC(C)(C)N)ccc12. The smallest absolute Gasteiger partial charge is 0.130 e. The second-order valence-electron chi connectivity index (χ2n) is 5.48. The molecule has 0 aliphatic rings. The van der Waals surface area contributed by atoms with Gasteiger partial charge in [0.25, 0.3) is 0 Å². The van der Waals surface area contributed by atoms with E-state index in [4.69, 9.17) is 15.2 Å². The summed E-state index contributed by atoms with van der Waals surface area (Å²) in [4.78, 5) is 0. The minimum Gasteiger partial charge on any atom is -0.496 e. The Balaban J connectivity index is 2.63. The fourth-order valence-electron chi connectivity index (χ4n) is 2.40. The topological polar surface area (TPSA) is 44.5 Å². The Hall–Kier alpha value is -1.74. The van der Waals surface area contributed by atoms with Crippen LogP contribution in [-0.2, 0) is 6.42 Å². The first kappa shape index (κ1) is 13.7. The maximum atomic E-state index is 6.11. The van der Waals surface area contributed by atoms with Crippen LogP contribution in [0.1, 0.15) is 19.4 Å². The van der Waals surface area contributed by atoms with E-state index in [9.17, 15) is 0 Å². The van der Waals surface area contributed by atoms with Crippen LogP contribution in [0.4, 0.5) is 0 Å². The predicted octanol–water partition coefficient (Wildman–Crippen LogP) is 3.14. The second-order valence-corrected chi connectivity index (χ2v) is 5.48. The summed E-state index contributed by atoms with van der Waals surface area (Å²) in [6, 6.07) is 10.1. The zero-order chi connectivity index (χ0) is 14.0. The highest BCUT2D eigenvalue weighted by molar-refractivity contribution is 5.94. The summed E-state index contributed by atoms with van der Waals surface area (Å²) in [6.07, 6.45) is 0.767. The lowest BCUT2D eigenvalue weighted by atomic mass is 9.93. The molecule has 0 saturated heterocycles. The molecular weight excluding hydrogens is 238 g/mol. The molecule has 0 saturated carbocycles. The van der Waals surface area contributed by atoms with Crippen molar-refractivity contribution >= 4 is 10.8 Å². The monoisotopic (exact) mass is 259 g/mol. The third-order valence-electron chi connectivity index (χ3n) is 3.12. The van der Waals surface area contributed by atoms with Gasteiger partial charge in [-0.25, -0.2) is 0 Å². The van der Waals surface area contributed by atoms with Gasteiger partial charge in [0.1, 0.15) is 11.5 Å². The normalized spacial score (nSPS) is 11.6.